The predicted molar refractivity (Wildman–Crippen MR) is 136 cm³/mol. The number of likely N-dealkylation sites (tertiary alicyclic amines) is 1. The van der Waals surface area contributed by atoms with Crippen LogP contribution in [0.25, 0.3) is 5.52 Å². The van der Waals surface area contributed by atoms with Crippen LogP contribution in [0.2, 0.25) is 5.02 Å². The number of hydrogen-bond acceptors (Lipinski definition) is 6. The third-order valence-electron chi connectivity index (χ3n) is 5.82. The van der Waals surface area contributed by atoms with Crippen LogP contribution in [0.15, 0.2) is 60.9 Å². The fraction of sp³-hybridized carbons (Fsp3) is 0.192. The van der Waals surface area contributed by atoms with Gasteiger partial charge in [-0.1, -0.05) is 35.7 Å². The van der Waals surface area contributed by atoms with Crippen LogP contribution in [-0.4, -0.2) is 31.7 Å². The SMILES string of the molecule is CC#CC(=O)N1CCC[C@H]1c1nc(Oc2ccc(Nc3ccccc3)cc2Cl)c2c(N)nccn12. The van der Waals surface area contributed by atoms with Gasteiger partial charge in [0, 0.05) is 30.3 Å². The molecule has 8 nitrogen and oxygen atoms in total. The van der Waals surface area contributed by atoms with Gasteiger partial charge in [-0.2, -0.15) is 4.98 Å². The molecular weight excluding hydrogens is 464 g/mol. The summed E-state index contributed by atoms with van der Waals surface area (Å²) in [7, 11) is 0. The van der Waals surface area contributed by atoms with Crippen molar-refractivity contribution in [3.63, 3.8) is 0 Å². The van der Waals surface area contributed by atoms with E-state index in [0.717, 1.165) is 24.2 Å². The van der Waals surface area contributed by atoms with E-state index in [-0.39, 0.29) is 23.6 Å². The summed E-state index contributed by atoms with van der Waals surface area (Å²) < 4.78 is 7.97. The Hall–Kier alpha value is -4.22. The van der Waals surface area contributed by atoms with Gasteiger partial charge >= 0.3 is 0 Å². The van der Waals surface area contributed by atoms with Gasteiger partial charge in [0.15, 0.2) is 11.3 Å². The minimum atomic E-state index is -0.247. The molecule has 9 heteroatoms. The number of nitrogens with zero attached hydrogens (tertiary/aromatic N) is 4. The second-order valence-corrected chi connectivity index (χ2v) is 8.48. The number of fused-ring (bicyclic) bond motifs is 1. The minimum absolute atomic E-state index is 0.221. The lowest BCUT2D eigenvalue weighted by atomic mass is 10.2. The highest BCUT2D eigenvalue weighted by Gasteiger charge is 2.34. The maximum atomic E-state index is 12.6. The van der Waals surface area contributed by atoms with Gasteiger partial charge in [-0.3, -0.25) is 9.20 Å². The van der Waals surface area contributed by atoms with Gasteiger partial charge in [0.25, 0.3) is 5.91 Å². The van der Waals surface area contributed by atoms with E-state index >= 15 is 0 Å². The summed E-state index contributed by atoms with van der Waals surface area (Å²) in [5.41, 5.74) is 8.50. The number of nitrogen functional groups attached to an aromatic ring is 1. The van der Waals surface area contributed by atoms with Crippen molar-refractivity contribution in [3.8, 4) is 23.5 Å². The Balaban J connectivity index is 1.48. The van der Waals surface area contributed by atoms with E-state index in [2.05, 4.69) is 22.1 Å². The smallest absolute Gasteiger partial charge is 0.299 e. The van der Waals surface area contributed by atoms with Crippen LogP contribution < -0.4 is 15.8 Å². The topological polar surface area (TPSA) is 97.8 Å². The average Bonchev–Trinajstić information content (AvgIpc) is 3.47. The Bertz CT molecular complexity index is 1460. The molecule has 4 aromatic rings. The second-order valence-electron chi connectivity index (χ2n) is 8.08. The molecule has 2 aromatic heterocycles. The molecule has 0 aliphatic carbocycles. The van der Waals surface area contributed by atoms with Crippen LogP contribution in [0, 0.1) is 11.8 Å². The van der Waals surface area contributed by atoms with E-state index in [9.17, 15) is 4.79 Å². The number of carbonyl (C=O) groups is 1. The summed E-state index contributed by atoms with van der Waals surface area (Å²) in [5.74, 6) is 6.71. The van der Waals surface area contributed by atoms with Crippen molar-refractivity contribution in [2.45, 2.75) is 25.8 Å². The number of aromatic nitrogens is 3. The molecule has 0 radical (unpaired) electrons. The van der Waals surface area contributed by atoms with Gasteiger partial charge in [-0.05, 0) is 56.0 Å². The number of nitrogens with one attached hydrogen (secondary N) is 1. The maximum Gasteiger partial charge on any atom is 0.299 e. The first kappa shape index (κ1) is 22.6. The molecule has 1 fully saturated rings. The molecule has 35 heavy (non-hydrogen) atoms. The number of halogens is 1. The first-order valence-corrected chi connectivity index (χ1v) is 11.6. The number of hydrogen-bond donors (Lipinski definition) is 2. The number of benzene rings is 2. The summed E-state index contributed by atoms with van der Waals surface area (Å²) >= 11 is 6.56. The zero-order valence-electron chi connectivity index (χ0n) is 19.0. The van der Waals surface area contributed by atoms with Gasteiger partial charge in [0.05, 0.1) is 11.1 Å². The minimum Gasteiger partial charge on any atom is -0.435 e. The summed E-state index contributed by atoms with van der Waals surface area (Å²) in [6.07, 6.45) is 4.98. The first-order valence-electron chi connectivity index (χ1n) is 11.2. The van der Waals surface area contributed by atoms with Crippen LogP contribution in [0.5, 0.6) is 11.6 Å². The second kappa shape index (κ2) is 9.57. The van der Waals surface area contributed by atoms with E-state index in [1.165, 1.54) is 0 Å². The number of ether oxygens (including phenoxy) is 1. The fourth-order valence-corrected chi connectivity index (χ4v) is 4.49. The van der Waals surface area contributed by atoms with Crippen molar-refractivity contribution in [2.24, 2.45) is 0 Å². The van der Waals surface area contributed by atoms with Crippen molar-refractivity contribution in [1.82, 2.24) is 19.3 Å². The Morgan fingerprint density at radius 1 is 1.23 bits per heavy atom. The van der Waals surface area contributed by atoms with Crippen LogP contribution >= 0.6 is 11.6 Å². The van der Waals surface area contributed by atoms with Crippen molar-refractivity contribution >= 4 is 40.2 Å². The molecule has 2 aromatic carbocycles. The molecule has 1 atom stereocenters. The number of anilines is 3. The van der Waals surface area contributed by atoms with Gasteiger partial charge < -0.3 is 20.7 Å². The molecule has 1 aliphatic heterocycles. The highest BCUT2D eigenvalue weighted by molar-refractivity contribution is 6.32. The Morgan fingerprint density at radius 3 is 2.83 bits per heavy atom. The zero-order chi connectivity index (χ0) is 24.4. The summed E-state index contributed by atoms with van der Waals surface area (Å²) in [6, 6.07) is 15.0. The number of amides is 1. The third-order valence-corrected chi connectivity index (χ3v) is 6.12. The molecular formula is C26H23ClN6O2. The highest BCUT2D eigenvalue weighted by Crippen LogP contribution is 2.39. The highest BCUT2D eigenvalue weighted by atomic mass is 35.5. The van der Waals surface area contributed by atoms with E-state index in [1.54, 1.807) is 36.4 Å². The number of nitrogens with two attached hydrogens (primary N) is 1. The standard InChI is InChI=1S/C26H23ClN6O2/c1-2-7-22(34)32-14-6-10-20(32)25-31-26(23-24(28)29-13-15-33(23)25)35-21-12-11-18(16-19(21)27)30-17-8-4-3-5-9-17/h3-5,8-9,11-13,15-16,20,30H,6,10,14H2,1H3,(H2,28,29)/t20-/m0/s1. The van der Waals surface area contributed by atoms with Crippen LogP contribution in [0.4, 0.5) is 17.2 Å². The lowest BCUT2D eigenvalue weighted by Gasteiger charge is -2.21. The van der Waals surface area contributed by atoms with Gasteiger partial charge in [-0.15, -0.1) is 0 Å². The number of carbonyl (C=O) groups excluding carboxylic acids is 1. The van der Waals surface area contributed by atoms with Crippen molar-refractivity contribution in [3.05, 3.63) is 71.8 Å². The lowest BCUT2D eigenvalue weighted by Crippen LogP contribution is -2.30. The van der Waals surface area contributed by atoms with E-state index < -0.39 is 0 Å². The average molecular weight is 487 g/mol. The van der Waals surface area contributed by atoms with Crippen molar-refractivity contribution in [1.29, 1.82) is 0 Å². The van der Waals surface area contributed by atoms with Crippen LogP contribution in [-0.2, 0) is 4.79 Å². The first-order chi connectivity index (χ1) is 17.0. The Kier molecular flexibility index (Phi) is 6.17. The molecule has 0 spiro atoms. The quantitative estimate of drug-likeness (QED) is 0.377. The normalized spacial score (nSPS) is 15.0. The summed E-state index contributed by atoms with van der Waals surface area (Å²) in [4.78, 5) is 23.3. The molecule has 1 aliphatic rings. The van der Waals surface area contributed by atoms with Crippen molar-refractivity contribution in [2.75, 3.05) is 17.6 Å². The molecule has 1 amide bonds. The summed E-state index contributed by atoms with van der Waals surface area (Å²) in [6.45, 7) is 2.27. The molecule has 0 saturated carbocycles. The zero-order valence-corrected chi connectivity index (χ0v) is 19.8. The van der Waals surface area contributed by atoms with Gasteiger partial charge in [0.2, 0.25) is 5.88 Å². The molecule has 176 valence electrons. The van der Waals surface area contributed by atoms with E-state index in [4.69, 9.17) is 27.1 Å². The predicted octanol–water partition coefficient (Wildman–Crippen LogP) is 5.19. The molecule has 3 heterocycles. The van der Waals surface area contributed by atoms with E-state index in [0.29, 0.717) is 28.7 Å². The van der Waals surface area contributed by atoms with E-state index in [1.807, 2.05) is 40.8 Å². The lowest BCUT2D eigenvalue weighted by molar-refractivity contribution is -0.126. The molecule has 1 saturated heterocycles. The number of rotatable bonds is 5. The molecule has 0 bridgehead atoms. The van der Waals surface area contributed by atoms with Gasteiger partial charge in [-0.25, -0.2) is 4.98 Å². The number of imidazole rings is 1. The van der Waals surface area contributed by atoms with Crippen molar-refractivity contribution < 1.29 is 9.53 Å². The monoisotopic (exact) mass is 486 g/mol. The fourth-order valence-electron chi connectivity index (χ4n) is 4.27. The molecule has 3 N–H and O–H groups in total. The summed E-state index contributed by atoms with van der Waals surface area (Å²) in [5, 5.41) is 3.71. The van der Waals surface area contributed by atoms with Crippen LogP contribution in [0.3, 0.4) is 0 Å². The van der Waals surface area contributed by atoms with Crippen LogP contribution in [0.1, 0.15) is 31.6 Å². The largest absolute Gasteiger partial charge is 0.435 e. The third kappa shape index (κ3) is 4.46. The van der Waals surface area contributed by atoms with Gasteiger partial charge in [0.1, 0.15) is 11.6 Å². The Morgan fingerprint density at radius 2 is 2.06 bits per heavy atom. The molecule has 0 unspecified atom stereocenters. The molecule has 5 rings (SSSR count). The Labute approximate surface area is 207 Å². The number of para-hydroxylation sites is 1. The maximum absolute atomic E-state index is 12.6.